The molecule has 0 fully saturated rings. The van der Waals surface area contributed by atoms with Gasteiger partial charge in [0.15, 0.2) is 0 Å². The molecule has 0 atom stereocenters. The highest BCUT2D eigenvalue weighted by Gasteiger charge is 2.05. The molecular formula is C12H3ClN4. The third kappa shape index (κ3) is 2.24. The molecule has 1 rings (SSSR count). The Morgan fingerprint density at radius 3 is 1.88 bits per heavy atom. The van der Waals surface area contributed by atoms with Gasteiger partial charge in [-0.2, -0.15) is 21.0 Å². The molecule has 0 radical (unpaired) electrons. The van der Waals surface area contributed by atoms with Crippen molar-refractivity contribution in [1.29, 1.82) is 21.0 Å². The lowest BCUT2D eigenvalue weighted by Gasteiger charge is -1.94. The number of hydrogen-bond donors (Lipinski definition) is 0. The highest BCUT2D eigenvalue weighted by atomic mass is 35.5. The average molecular weight is 239 g/mol. The molecule has 0 aromatic heterocycles. The van der Waals surface area contributed by atoms with Gasteiger partial charge in [-0.1, -0.05) is 23.7 Å². The van der Waals surface area contributed by atoms with E-state index in [2.05, 4.69) is 0 Å². The van der Waals surface area contributed by atoms with E-state index in [4.69, 9.17) is 32.6 Å². The normalized spacial score (nSPS) is 8.06. The van der Waals surface area contributed by atoms with Crippen molar-refractivity contribution in [1.82, 2.24) is 0 Å². The maximum atomic E-state index is 8.81. The predicted octanol–water partition coefficient (Wildman–Crippen LogP) is 0.736. The Bertz CT molecular complexity index is 716. The van der Waals surface area contributed by atoms with Gasteiger partial charge in [0.25, 0.3) is 0 Å². The summed E-state index contributed by atoms with van der Waals surface area (Å²) >= 11 is 5.88. The molecule has 0 N–H and O–H groups in total. The van der Waals surface area contributed by atoms with Crippen molar-refractivity contribution < 1.29 is 0 Å². The Morgan fingerprint density at radius 2 is 1.41 bits per heavy atom. The van der Waals surface area contributed by atoms with Crippen molar-refractivity contribution in [2.24, 2.45) is 0 Å². The molecule has 0 aliphatic heterocycles. The number of nitriles is 4. The fourth-order valence-electron chi connectivity index (χ4n) is 1.27. The van der Waals surface area contributed by atoms with Crippen molar-refractivity contribution in [3.63, 3.8) is 0 Å². The minimum absolute atomic E-state index is 0.122. The lowest BCUT2D eigenvalue weighted by molar-refractivity contribution is 1.43. The fraction of sp³-hybridized carbons (Fsp3) is 0. The first-order valence-electron chi connectivity index (χ1n) is 4.33. The second-order valence-corrected chi connectivity index (χ2v) is 3.27. The van der Waals surface area contributed by atoms with Gasteiger partial charge < -0.3 is 0 Å². The van der Waals surface area contributed by atoms with Crippen LogP contribution in [0.1, 0.15) is 0 Å². The molecular weight excluding hydrogens is 236 g/mol. The van der Waals surface area contributed by atoms with E-state index in [1.165, 1.54) is 12.1 Å². The average Bonchev–Trinajstić information content (AvgIpc) is 2.35. The van der Waals surface area contributed by atoms with Crippen molar-refractivity contribution in [3.8, 4) is 24.3 Å². The molecule has 17 heavy (non-hydrogen) atoms. The van der Waals surface area contributed by atoms with Crippen LogP contribution in [-0.2, 0) is 0 Å². The van der Waals surface area contributed by atoms with Crippen molar-refractivity contribution in [2.75, 3.05) is 0 Å². The third-order valence-corrected chi connectivity index (χ3v) is 2.30. The second-order valence-electron chi connectivity index (χ2n) is 2.86. The maximum Gasteiger partial charge on any atom is 0.139 e. The Balaban J connectivity index is 4.20. The van der Waals surface area contributed by atoms with E-state index in [-0.39, 0.29) is 26.6 Å². The van der Waals surface area contributed by atoms with Gasteiger partial charge in [-0.25, -0.2) is 0 Å². The van der Waals surface area contributed by atoms with Gasteiger partial charge in [-0.15, -0.1) is 0 Å². The van der Waals surface area contributed by atoms with Crippen LogP contribution in [0.4, 0.5) is 0 Å². The first-order valence-corrected chi connectivity index (χ1v) is 4.71. The molecule has 0 unspecified atom stereocenters. The Kier molecular flexibility index (Phi) is 3.86. The molecule has 4 nitrogen and oxygen atoms in total. The number of nitrogens with zero attached hydrogens (tertiary/aromatic N) is 4. The van der Waals surface area contributed by atoms with E-state index in [0.29, 0.717) is 0 Å². The molecule has 0 aliphatic rings. The molecule has 0 bridgehead atoms. The summed E-state index contributed by atoms with van der Waals surface area (Å²) in [5.74, 6) is 0. The van der Waals surface area contributed by atoms with Crippen LogP contribution in [0.5, 0.6) is 0 Å². The van der Waals surface area contributed by atoms with Crippen LogP contribution in [0.3, 0.4) is 0 Å². The quantitative estimate of drug-likeness (QED) is 0.666. The van der Waals surface area contributed by atoms with Gasteiger partial charge in [0.2, 0.25) is 0 Å². The molecule has 0 amide bonds. The summed E-state index contributed by atoms with van der Waals surface area (Å²) in [4.78, 5) is 0. The molecule has 5 heteroatoms. The van der Waals surface area contributed by atoms with Crippen LogP contribution in [0.25, 0.3) is 11.1 Å². The zero-order valence-corrected chi connectivity index (χ0v) is 9.15. The highest BCUT2D eigenvalue weighted by Crippen LogP contribution is 2.00. The molecule has 0 saturated heterocycles. The zero-order chi connectivity index (χ0) is 12.8. The van der Waals surface area contributed by atoms with Crippen molar-refractivity contribution >= 4 is 22.7 Å². The number of benzene rings is 1. The summed E-state index contributed by atoms with van der Waals surface area (Å²) in [6, 6.07) is 11.3. The molecule has 1 aromatic carbocycles. The maximum absolute atomic E-state index is 8.81. The molecule has 1 aromatic rings. The summed E-state index contributed by atoms with van der Waals surface area (Å²) in [7, 11) is 0. The zero-order valence-electron chi connectivity index (χ0n) is 8.40. The Morgan fingerprint density at radius 1 is 0.882 bits per heavy atom. The third-order valence-electron chi connectivity index (χ3n) is 1.98. The van der Waals surface area contributed by atoms with Crippen molar-refractivity contribution in [3.05, 3.63) is 33.7 Å². The summed E-state index contributed by atoms with van der Waals surface area (Å²) < 4.78 is 0. The molecule has 0 aliphatic carbocycles. The summed E-state index contributed by atoms with van der Waals surface area (Å²) in [5.41, 5.74) is -0.417. The van der Waals surface area contributed by atoms with E-state index in [9.17, 15) is 0 Å². The van der Waals surface area contributed by atoms with Crippen LogP contribution in [0, 0.1) is 45.3 Å². The number of hydrogen-bond acceptors (Lipinski definition) is 4. The molecule has 0 heterocycles. The van der Waals surface area contributed by atoms with Crippen LogP contribution in [-0.4, -0.2) is 0 Å². The van der Waals surface area contributed by atoms with Crippen LogP contribution < -0.4 is 10.4 Å². The van der Waals surface area contributed by atoms with Gasteiger partial charge in [-0.3, -0.25) is 0 Å². The van der Waals surface area contributed by atoms with Crippen molar-refractivity contribution in [2.45, 2.75) is 0 Å². The van der Waals surface area contributed by atoms with E-state index < -0.39 is 0 Å². The summed E-state index contributed by atoms with van der Waals surface area (Å²) in [5, 5.41) is 35.7. The smallest absolute Gasteiger partial charge is 0.139 e. The first kappa shape index (κ1) is 12.3. The van der Waals surface area contributed by atoms with Gasteiger partial charge in [0.05, 0.1) is 5.02 Å². The van der Waals surface area contributed by atoms with Gasteiger partial charge in [0.1, 0.15) is 35.4 Å². The van der Waals surface area contributed by atoms with E-state index in [0.717, 1.165) is 0 Å². The standard InChI is InChI=1S/C12H3ClN4/c13-11-3-1-2-10(8(4-14)5-15)12(11)9(6-16)7-17/h1-3H. The van der Waals surface area contributed by atoms with Gasteiger partial charge in [-0.05, 0) is 6.07 Å². The summed E-state index contributed by atoms with van der Waals surface area (Å²) in [6.45, 7) is 0. The number of rotatable bonds is 0. The molecule has 78 valence electrons. The Hall–Kier alpha value is -2.79. The highest BCUT2D eigenvalue weighted by molar-refractivity contribution is 6.31. The first-order chi connectivity index (χ1) is 8.19. The van der Waals surface area contributed by atoms with Crippen LogP contribution >= 0.6 is 11.6 Å². The topological polar surface area (TPSA) is 95.2 Å². The second kappa shape index (κ2) is 5.34. The predicted molar refractivity (Wildman–Crippen MR) is 60.0 cm³/mol. The number of halogens is 1. The van der Waals surface area contributed by atoms with Gasteiger partial charge in [0, 0.05) is 10.4 Å². The minimum atomic E-state index is -0.228. The fourth-order valence-corrected chi connectivity index (χ4v) is 1.54. The monoisotopic (exact) mass is 238 g/mol. The van der Waals surface area contributed by atoms with Gasteiger partial charge >= 0.3 is 0 Å². The molecule has 0 saturated carbocycles. The largest absolute Gasteiger partial charge is 0.192 e. The SMILES string of the molecule is N#CC(C#N)=c1cccc(Cl)c1=C(C#N)C#N. The molecule has 0 spiro atoms. The van der Waals surface area contributed by atoms with E-state index in [1.807, 2.05) is 0 Å². The van der Waals surface area contributed by atoms with Crippen LogP contribution in [0.15, 0.2) is 18.2 Å². The van der Waals surface area contributed by atoms with E-state index in [1.54, 1.807) is 30.3 Å². The Labute approximate surface area is 102 Å². The summed E-state index contributed by atoms with van der Waals surface area (Å²) in [6.07, 6.45) is 0. The van der Waals surface area contributed by atoms with E-state index >= 15 is 0 Å². The minimum Gasteiger partial charge on any atom is -0.192 e. The van der Waals surface area contributed by atoms with Crippen LogP contribution in [0.2, 0.25) is 5.02 Å². The lowest BCUT2D eigenvalue weighted by Crippen LogP contribution is -2.29. The lowest BCUT2D eigenvalue weighted by atomic mass is 10.1.